The minimum absolute atomic E-state index is 0.312. The molecule has 0 aliphatic heterocycles. The highest BCUT2D eigenvalue weighted by molar-refractivity contribution is 7.79. The lowest BCUT2D eigenvalue weighted by Gasteiger charge is -2.12. The van der Waals surface area contributed by atoms with Crippen molar-refractivity contribution in [1.82, 2.24) is 0 Å². The molecule has 2 unspecified atom stereocenters. The molecule has 0 saturated heterocycles. The second-order valence-corrected chi connectivity index (χ2v) is 3.45. The van der Waals surface area contributed by atoms with Crippen LogP contribution in [-0.4, -0.2) is 14.0 Å². The fourth-order valence-electron chi connectivity index (χ4n) is 0.565. The summed E-state index contributed by atoms with van der Waals surface area (Å²) in [6.07, 6.45) is 1.71. The second-order valence-electron chi connectivity index (χ2n) is 2.12. The van der Waals surface area contributed by atoms with Crippen LogP contribution in [0.25, 0.3) is 0 Å². The van der Waals surface area contributed by atoms with Gasteiger partial charge in [0.15, 0.2) is 0 Å². The van der Waals surface area contributed by atoms with Gasteiger partial charge in [0.05, 0.1) is 6.07 Å². The first kappa shape index (κ1) is 9.60. The molecule has 0 bridgehead atoms. The second kappa shape index (κ2) is 5.39. The van der Waals surface area contributed by atoms with Crippen LogP contribution in [0.4, 0.5) is 0 Å². The molecule has 0 aliphatic rings. The van der Waals surface area contributed by atoms with Crippen molar-refractivity contribution in [3.8, 4) is 6.07 Å². The number of nitriles is 1. The maximum atomic E-state index is 10.2. The van der Waals surface area contributed by atoms with Crippen molar-refractivity contribution >= 4 is 11.1 Å². The number of rotatable bonds is 4. The van der Waals surface area contributed by atoms with Crippen LogP contribution in [-0.2, 0) is 11.1 Å². The van der Waals surface area contributed by atoms with Gasteiger partial charge in [-0.25, -0.2) is 0 Å². The Morgan fingerprint density at radius 3 is 2.80 bits per heavy atom. The molecule has 0 radical (unpaired) electrons. The van der Waals surface area contributed by atoms with E-state index in [1.54, 1.807) is 6.92 Å². The zero-order valence-electron chi connectivity index (χ0n) is 5.87. The molecule has 3 nitrogen and oxygen atoms in total. The van der Waals surface area contributed by atoms with Gasteiger partial charge < -0.3 is 4.55 Å². The SMILES string of the molecule is CC(CCCC#N)S(=O)[O-]. The summed E-state index contributed by atoms with van der Waals surface area (Å²) >= 11 is -1.97. The van der Waals surface area contributed by atoms with E-state index in [9.17, 15) is 8.76 Å². The molecule has 4 heteroatoms. The van der Waals surface area contributed by atoms with Crippen LogP contribution in [0.1, 0.15) is 26.2 Å². The first-order valence-corrected chi connectivity index (χ1v) is 4.27. The van der Waals surface area contributed by atoms with Gasteiger partial charge in [-0.3, -0.25) is 4.21 Å². The Kier molecular flexibility index (Phi) is 5.17. The van der Waals surface area contributed by atoms with Crippen LogP contribution in [0.2, 0.25) is 0 Å². The van der Waals surface area contributed by atoms with Gasteiger partial charge in [-0.1, -0.05) is 18.0 Å². The molecule has 0 aliphatic carbocycles. The largest absolute Gasteiger partial charge is 0.772 e. The normalized spacial score (nSPS) is 15.7. The summed E-state index contributed by atoms with van der Waals surface area (Å²) in [5.41, 5.74) is 0. The minimum atomic E-state index is -1.97. The topological polar surface area (TPSA) is 63.9 Å². The highest BCUT2D eigenvalue weighted by atomic mass is 32.2. The fourth-order valence-corrected chi connectivity index (χ4v) is 0.924. The predicted molar refractivity (Wildman–Crippen MR) is 37.8 cm³/mol. The highest BCUT2D eigenvalue weighted by Gasteiger charge is 1.99. The van der Waals surface area contributed by atoms with Gasteiger partial charge in [0.25, 0.3) is 0 Å². The predicted octanol–water partition coefficient (Wildman–Crippen LogP) is 0.948. The maximum Gasteiger partial charge on any atom is 0.0621 e. The summed E-state index contributed by atoms with van der Waals surface area (Å²) in [5, 5.41) is 7.80. The molecule has 0 amide bonds. The van der Waals surface area contributed by atoms with E-state index in [1.165, 1.54) is 0 Å². The average Bonchev–Trinajstić information content (AvgIpc) is 1.88. The first-order chi connectivity index (χ1) is 4.68. The van der Waals surface area contributed by atoms with Crippen LogP contribution >= 0.6 is 0 Å². The lowest BCUT2D eigenvalue weighted by molar-refractivity contribution is 0.518. The zero-order valence-corrected chi connectivity index (χ0v) is 6.69. The molecule has 10 heavy (non-hydrogen) atoms. The van der Waals surface area contributed by atoms with Gasteiger partial charge in [0.1, 0.15) is 0 Å². The van der Waals surface area contributed by atoms with Gasteiger partial charge in [-0.15, -0.1) is 0 Å². The molecule has 0 fully saturated rings. The Morgan fingerprint density at radius 1 is 1.80 bits per heavy atom. The molecule has 0 spiro atoms. The maximum absolute atomic E-state index is 10.2. The van der Waals surface area contributed by atoms with Gasteiger partial charge in [-0.05, 0) is 12.8 Å². The van der Waals surface area contributed by atoms with Crippen molar-refractivity contribution < 1.29 is 8.76 Å². The number of hydrogen-bond donors (Lipinski definition) is 0. The molecule has 0 heterocycles. The standard InChI is InChI=1S/C6H11NO2S/c1-6(10(8)9)4-2-3-5-7/h6H,2-4H2,1H3,(H,8,9)/p-1. The van der Waals surface area contributed by atoms with Crippen LogP contribution in [0.3, 0.4) is 0 Å². The Labute approximate surface area is 63.3 Å². The molecule has 0 aromatic heterocycles. The van der Waals surface area contributed by atoms with Gasteiger partial charge in [0, 0.05) is 11.7 Å². The van der Waals surface area contributed by atoms with Crippen molar-refractivity contribution in [3.63, 3.8) is 0 Å². The molecule has 2 atom stereocenters. The highest BCUT2D eigenvalue weighted by Crippen LogP contribution is 2.03. The third-order valence-electron chi connectivity index (χ3n) is 1.23. The summed E-state index contributed by atoms with van der Waals surface area (Å²) in [6.45, 7) is 1.64. The Bertz CT molecular complexity index is 152. The van der Waals surface area contributed by atoms with Crippen LogP contribution in [0.15, 0.2) is 0 Å². The summed E-state index contributed by atoms with van der Waals surface area (Å²) < 4.78 is 20.4. The Hall–Kier alpha value is -0.400. The summed E-state index contributed by atoms with van der Waals surface area (Å²) in [6, 6.07) is 1.96. The van der Waals surface area contributed by atoms with E-state index in [1.807, 2.05) is 6.07 Å². The average molecular weight is 160 g/mol. The van der Waals surface area contributed by atoms with E-state index < -0.39 is 11.1 Å². The molecule has 0 aromatic rings. The lowest BCUT2D eigenvalue weighted by atomic mass is 10.2. The summed E-state index contributed by atoms with van der Waals surface area (Å²) in [7, 11) is 0. The van der Waals surface area contributed by atoms with E-state index in [0.717, 1.165) is 0 Å². The molecule has 58 valence electrons. The van der Waals surface area contributed by atoms with Crippen molar-refractivity contribution in [2.75, 3.05) is 0 Å². The Balaban J connectivity index is 3.32. The molecule has 0 rings (SSSR count). The van der Waals surface area contributed by atoms with Crippen LogP contribution < -0.4 is 0 Å². The van der Waals surface area contributed by atoms with E-state index in [2.05, 4.69) is 0 Å². The molecular weight excluding hydrogens is 150 g/mol. The first-order valence-electron chi connectivity index (χ1n) is 3.13. The van der Waals surface area contributed by atoms with Crippen molar-refractivity contribution in [3.05, 3.63) is 0 Å². The quantitative estimate of drug-likeness (QED) is 0.454. The number of unbranched alkanes of at least 4 members (excludes halogenated alkanes) is 1. The van der Waals surface area contributed by atoms with Crippen LogP contribution in [0, 0.1) is 11.3 Å². The Morgan fingerprint density at radius 2 is 2.40 bits per heavy atom. The van der Waals surface area contributed by atoms with Crippen molar-refractivity contribution in [1.29, 1.82) is 5.26 Å². The third-order valence-corrected chi connectivity index (χ3v) is 2.12. The fraction of sp³-hybridized carbons (Fsp3) is 0.833. The number of hydrogen-bond acceptors (Lipinski definition) is 3. The van der Waals surface area contributed by atoms with Crippen molar-refractivity contribution in [2.24, 2.45) is 0 Å². The van der Waals surface area contributed by atoms with Crippen molar-refractivity contribution in [2.45, 2.75) is 31.4 Å². The van der Waals surface area contributed by atoms with Crippen LogP contribution in [0.5, 0.6) is 0 Å². The number of nitrogens with zero attached hydrogens (tertiary/aromatic N) is 1. The van der Waals surface area contributed by atoms with E-state index in [0.29, 0.717) is 19.3 Å². The summed E-state index contributed by atoms with van der Waals surface area (Å²) in [4.78, 5) is 0. The van der Waals surface area contributed by atoms with E-state index in [-0.39, 0.29) is 5.25 Å². The monoisotopic (exact) mass is 160 g/mol. The van der Waals surface area contributed by atoms with Gasteiger partial charge in [-0.2, -0.15) is 5.26 Å². The smallest absolute Gasteiger partial charge is 0.0621 e. The molecular formula is C6H10NO2S-. The van der Waals surface area contributed by atoms with Gasteiger partial charge in [0.2, 0.25) is 0 Å². The molecule has 0 N–H and O–H groups in total. The minimum Gasteiger partial charge on any atom is -0.772 e. The zero-order chi connectivity index (χ0) is 7.98. The van der Waals surface area contributed by atoms with E-state index in [4.69, 9.17) is 5.26 Å². The molecule has 0 aromatic carbocycles. The van der Waals surface area contributed by atoms with Gasteiger partial charge >= 0.3 is 0 Å². The van der Waals surface area contributed by atoms with E-state index >= 15 is 0 Å². The molecule has 0 saturated carbocycles. The lowest BCUT2D eigenvalue weighted by Crippen LogP contribution is -2.08. The third kappa shape index (κ3) is 4.48. The summed E-state index contributed by atoms with van der Waals surface area (Å²) in [5.74, 6) is 0.